The van der Waals surface area contributed by atoms with Crippen molar-refractivity contribution in [1.29, 1.82) is 0 Å². The molecule has 2 unspecified atom stereocenters. The Labute approximate surface area is 279 Å². The highest BCUT2D eigenvalue weighted by molar-refractivity contribution is 7.60. The summed E-state index contributed by atoms with van der Waals surface area (Å²) in [6, 6.07) is 35.7. The number of hydrogen-bond donors (Lipinski definition) is 0. The topological polar surface area (TPSA) is 24.9 Å². The lowest BCUT2D eigenvalue weighted by atomic mass is 9.92. The van der Waals surface area contributed by atoms with Gasteiger partial charge in [0.25, 0.3) is 0 Å². The molecule has 46 heavy (non-hydrogen) atoms. The summed E-state index contributed by atoms with van der Waals surface area (Å²) in [6.45, 7) is 20.8. The molecule has 2 atom stereocenters. The van der Waals surface area contributed by atoms with Gasteiger partial charge >= 0.3 is 0 Å². The maximum Gasteiger partial charge on any atom is 0.197 e. The van der Waals surface area contributed by atoms with Crippen molar-refractivity contribution in [3.8, 4) is 33.8 Å². The fourth-order valence-corrected chi connectivity index (χ4v) is 12.8. The maximum atomic E-state index is 7.08. The lowest BCUT2D eigenvalue weighted by Gasteiger charge is -2.47. The molecule has 4 aromatic rings. The van der Waals surface area contributed by atoms with E-state index in [1.807, 2.05) is 0 Å². The number of para-hydroxylation sites is 2. The zero-order chi connectivity index (χ0) is 32.5. The molecule has 4 nitrogen and oxygen atoms in total. The molecule has 0 N–H and O–H groups in total. The molecule has 0 saturated carbocycles. The van der Waals surface area contributed by atoms with Crippen LogP contribution in [0.3, 0.4) is 0 Å². The molecule has 0 saturated heterocycles. The molecule has 0 radical (unpaired) electrons. The smallest absolute Gasteiger partial charge is 0.197 e. The summed E-state index contributed by atoms with van der Waals surface area (Å²) in [7, 11) is -2.12. The van der Waals surface area contributed by atoms with E-state index in [-0.39, 0.29) is 0 Å². The lowest BCUT2D eigenvalue weighted by molar-refractivity contribution is 0.159. The summed E-state index contributed by atoms with van der Waals surface area (Å²) >= 11 is 0. The summed E-state index contributed by atoms with van der Waals surface area (Å²) in [5.74, 6) is 3.87. The van der Waals surface area contributed by atoms with Crippen LogP contribution in [-0.4, -0.2) is 34.5 Å². The normalized spacial score (nSPS) is 17.0. The first-order chi connectivity index (χ1) is 22.2. The van der Waals surface area contributed by atoms with Crippen LogP contribution in [0.5, 0.6) is 11.5 Å². The fourth-order valence-electron chi connectivity index (χ4n) is 7.78. The SMILES string of the molecule is CC(C)C(C(C)C)N(CCN(C(C(C)C)C(C)C)P1Oc2ccccc2-c2ccccc21)P1Oc2ccccc2-c2ccccc21. The van der Waals surface area contributed by atoms with E-state index in [9.17, 15) is 0 Å². The van der Waals surface area contributed by atoms with Gasteiger partial charge in [-0.3, -0.25) is 0 Å². The first-order valence-corrected chi connectivity index (χ1v) is 19.5. The van der Waals surface area contributed by atoms with Crippen molar-refractivity contribution < 1.29 is 9.05 Å². The number of benzene rings is 4. The molecular formula is C40H50N2O2P2. The molecule has 0 fully saturated rings. The van der Waals surface area contributed by atoms with Crippen molar-refractivity contribution in [2.24, 2.45) is 23.7 Å². The Morgan fingerprint density at radius 1 is 0.435 bits per heavy atom. The molecular weight excluding hydrogens is 602 g/mol. The Kier molecular flexibility index (Phi) is 10.2. The van der Waals surface area contributed by atoms with E-state index < -0.39 is 16.6 Å². The molecule has 2 aliphatic rings. The summed E-state index contributed by atoms with van der Waals surface area (Å²) in [5.41, 5.74) is 4.99. The third kappa shape index (κ3) is 6.40. The molecule has 0 bridgehead atoms. The summed E-state index contributed by atoms with van der Waals surface area (Å²) < 4.78 is 19.6. The van der Waals surface area contributed by atoms with E-state index in [2.05, 4.69) is 162 Å². The highest BCUT2D eigenvalue weighted by Gasteiger charge is 2.41. The highest BCUT2D eigenvalue weighted by atomic mass is 31.2. The number of hydrogen-bond acceptors (Lipinski definition) is 4. The molecule has 6 rings (SSSR count). The summed E-state index contributed by atoms with van der Waals surface area (Å²) in [5, 5.41) is 2.63. The van der Waals surface area contributed by atoms with Crippen molar-refractivity contribution in [3.63, 3.8) is 0 Å². The highest BCUT2D eigenvalue weighted by Crippen LogP contribution is 2.55. The van der Waals surface area contributed by atoms with E-state index in [4.69, 9.17) is 9.05 Å². The van der Waals surface area contributed by atoms with E-state index in [1.165, 1.54) is 32.9 Å². The number of nitrogens with zero attached hydrogens (tertiary/aromatic N) is 2. The lowest BCUT2D eigenvalue weighted by Crippen LogP contribution is -2.49. The molecule has 6 heteroatoms. The predicted molar refractivity (Wildman–Crippen MR) is 198 cm³/mol. The Balaban J connectivity index is 1.43. The second-order valence-corrected chi connectivity index (χ2v) is 17.5. The van der Waals surface area contributed by atoms with Crippen molar-refractivity contribution in [2.45, 2.75) is 67.5 Å². The van der Waals surface area contributed by atoms with Gasteiger partial charge in [0, 0.05) is 46.9 Å². The Bertz CT molecular complexity index is 1500. The van der Waals surface area contributed by atoms with Crippen LogP contribution in [0.1, 0.15) is 55.4 Å². The van der Waals surface area contributed by atoms with Gasteiger partial charge in [-0.05, 0) is 59.1 Å². The molecule has 2 aliphatic heterocycles. The molecule has 0 aromatic heterocycles. The van der Waals surface area contributed by atoms with Crippen molar-refractivity contribution in [1.82, 2.24) is 9.34 Å². The average Bonchev–Trinajstić information content (AvgIpc) is 3.04. The molecule has 242 valence electrons. The monoisotopic (exact) mass is 652 g/mol. The van der Waals surface area contributed by atoms with E-state index in [0.717, 1.165) is 24.6 Å². The van der Waals surface area contributed by atoms with Crippen LogP contribution < -0.4 is 19.7 Å². The van der Waals surface area contributed by atoms with Gasteiger partial charge in [-0.25, -0.2) is 9.34 Å². The van der Waals surface area contributed by atoms with Crippen LogP contribution in [-0.2, 0) is 0 Å². The van der Waals surface area contributed by atoms with Crippen molar-refractivity contribution in [3.05, 3.63) is 97.1 Å². The number of rotatable bonds is 11. The van der Waals surface area contributed by atoms with E-state index >= 15 is 0 Å². The van der Waals surface area contributed by atoms with Gasteiger partial charge in [-0.15, -0.1) is 0 Å². The van der Waals surface area contributed by atoms with E-state index in [0.29, 0.717) is 35.8 Å². The quantitative estimate of drug-likeness (QED) is 0.151. The molecule has 2 heterocycles. The minimum absolute atomic E-state index is 0.357. The second-order valence-electron chi connectivity index (χ2n) is 14.0. The van der Waals surface area contributed by atoms with Crippen LogP contribution in [0.25, 0.3) is 22.3 Å². The van der Waals surface area contributed by atoms with Gasteiger partial charge < -0.3 is 9.05 Å². The first-order valence-electron chi connectivity index (χ1n) is 17.0. The standard InChI is InChI=1S/C40H50N2O2P2/c1-27(2)39(28(3)4)41(45-37-23-15-11-19-33(37)31-17-9-13-21-35(31)43-45)25-26-42(40(29(5)6)30(7)8)46-38-24-16-12-20-34(38)32-18-10-14-22-36(32)44-46/h9-24,27-30,39-40H,25-26H2,1-8H3. The minimum Gasteiger partial charge on any atom is -0.453 e. The van der Waals surface area contributed by atoms with Gasteiger partial charge in [0.05, 0.1) is 0 Å². The summed E-state index contributed by atoms with van der Waals surface area (Å²) in [6.07, 6.45) is 0. The van der Waals surface area contributed by atoms with Gasteiger partial charge in [-0.2, -0.15) is 0 Å². The average molecular weight is 653 g/mol. The van der Waals surface area contributed by atoms with Gasteiger partial charge in [-0.1, -0.05) is 128 Å². The summed E-state index contributed by atoms with van der Waals surface area (Å²) in [4.78, 5) is 0. The fraction of sp³-hybridized carbons (Fsp3) is 0.400. The Morgan fingerprint density at radius 2 is 0.739 bits per heavy atom. The van der Waals surface area contributed by atoms with Gasteiger partial charge in [0.1, 0.15) is 11.5 Å². The first kappa shape index (κ1) is 33.2. The van der Waals surface area contributed by atoms with Crippen LogP contribution in [0.2, 0.25) is 0 Å². The minimum atomic E-state index is -1.06. The predicted octanol–water partition coefficient (Wildman–Crippen LogP) is 10.3. The third-order valence-corrected chi connectivity index (χ3v) is 13.6. The molecule has 4 aromatic carbocycles. The molecule has 0 aliphatic carbocycles. The van der Waals surface area contributed by atoms with Crippen molar-refractivity contribution >= 4 is 27.2 Å². The largest absolute Gasteiger partial charge is 0.453 e. The van der Waals surface area contributed by atoms with Gasteiger partial charge in [0.2, 0.25) is 0 Å². The van der Waals surface area contributed by atoms with Crippen molar-refractivity contribution in [2.75, 3.05) is 13.1 Å². The van der Waals surface area contributed by atoms with Crippen LogP contribution in [0.4, 0.5) is 0 Å². The van der Waals surface area contributed by atoms with Gasteiger partial charge in [0.15, 0.2) is 16.6 Å². The zero-order valence-electron chi connectivity index (χ0n) is 28.7. The maximum absolute atomic E-state index is 7.08. The van der Waals surface area contributed by atoms with E-state index in [1.54, 1.807) is 0 Å². The molecule has 0 amide bonds. The van der Waals surface area contributed by atoms with Crippen LogP contribution >= 0.6 is 16.6 Å². The van der Waals surface area contributed by atoms with Crippen LogP contribution in [0, 0.1) is 23.7 Å². The Morgan fingerprint density at radius 3 is 1.09 bits per heavy atom. The molecule has 0 spiro atoms. The Hall–Kier alpha value is -2.74. The van der Waals surface area contributed by atoms with Crippen LogP contribution in [0.15, 0.2) is 97.1 Å². The third-order valence-electron chi connectivity index (χ3n) is 9.39. The zero-order valence-corrected chi connectivity index (χ0v) is 30.5. The number of fused-ring (bicyclic) bond motifs is 6. The second kappa shape index (κ2) is 14.2.